The first-order chi connectivity index (χ1) is 9.47. The summed E-state index contributed by atoms with van der Waals surface area (Å²) in [6.45, 7) is 2.07. The number of anilines is 1. The highest BCUT2D eigenvalue weighted by Crippen LogP contribution is 2.30. The molecule has 0 aliphatic carbocycles. The number of benzene rings is 1. The van der Waals surface area contributed by atoms with Crippen molar-refractivity contribution < 1.29 is 8.42 Å². The molecule has 0 spiro atoms. The molecule has 110 valence electrons. The molecule has 5 nitrogen and oxygen atoms in total. The van der Waals surface area contributed by atoms with Crippen molar-refractivity contribution in [3.8, 4) is 0 Å². The molecule has 2 heterocycles. The number of nitrogen functional groups attached to an aromatic ring is 1. The van der Waals surface area contributed by atoms with Gasteiger partial charge in [0.1, 0.15) is 4.90 Å². The van der Waals surface area contributed by atoms with Crippen LogP contribution >= 0.6 is 15.9 Å². The van der Waals surface area contributed by atoms with E-state index in [0.29, 0.717) is 6.04 Å². The number of nitrogens with two attached hydrogens (primary N) is 1. The molecule has 20 heavy (non-hydrogen) atoms. The smallest absolute Gasteiger partial charge is 0.242 e. The van der Waals surface area contributed by atoms with E-state index < -0.39 is 10.0 Å². The van der Waals surface area contributed by atoms with Gasteiger partial charge in [-0.25, -0.2) is 13.1 Å². The Kier molecular flexibility index (Phi) is 3.79. The Morgan fingerprint density at radius 1 is 1.30 bits per heavy atom. The van der Waals surface area contributed by atoms with Crippen LogP contribution in [0.15, 0.2) is 27.6 Å². The lowest BCUT2D eigenvalue weighted by Crippen LogP contribution is -2.42. The highest BCUT2D eigenvalue weighted by Gasteiger charge is 2.39. The number of halogens is 1. The largest absolute Gasteiger partial charge is 0.398 e. The maximum atomic E-state index is 12.5. The molecule has 7 heteroatoms. The first-order valence-electron chi connectivity index (χ1n) is 6.79. The number of rotatable bonds is 3. The van der Waals surface area contributed by atoms with Crippen molar-refractivity contribution in [3.05, 3.63) is 22.7 Å². The number of hydrogen-bond acceptors (Lipinski definition) is 4. The van der Waals surface area contributed by atoms with E-state index in [1.165, 1.54) is 0 Å². The minimum absolute atomic E-state index is 0.00514. The second kappa shape index (κ2) is 5.29. The molecule has 0 radical (unpaired) electrons. The summed E-state index contributed by atoms with van der Waals surface area (Å²) in [5.74, 6) is 0. The Hall–Kier alpha value is -0.630. The Morgan fingerprint density at radius 2 is 2.10 bits per heavy atom. The fourth-order valence-electron chi connectivity index (χ4n) is 3.25. The van der Waals surface area contributed by atoms with E-state index in [-0.39, 0.29) is 16.6 Å². The van der Waals surface area contributed by atoms with E-state index >= 15 is 0 Å². The monoisotopic (exact) mass is 359 g/mol. The molecule has 0 bridgehead atoms. The van der Waals surface area contributed by atoms with Crippen molar-refractivity contribution in [1.29, 1.82) is 0 Å². The van der Waals surface area contributed by atoms with Gasteiger partial charge in [0.15, 0.2) is 0 Å². The number of fused-ring (bicyclic) bond motifs is 1. The molecule has 0 amide bonds. The van der Waals surface area contributed by atoms with Gasteiger partial charge in [0.2, 0.25) is 10.0 Å². The van der Waals surface area contributed by atoms with Crippen LogP contribution in [0.25, 0.3) is 0 Å². The van der Waals surface area contributed by atoms with Crippen molar-refractivity contribution in [3.63, 3.8) is 0 Å². The van der Waals surface area contributed by atoms with Gasteiger partial charge in [0.05, 0.1) is 5.69 Å². The van der Waals surface area contributed by atoms with Crippen molar-refractivity contribution in [2.45, 2.75) is 36.2 Å². The zero-order valence-electron chi connectivity index (χ0n) is 11.0. The van der Waals surface area contributed by atoms with E-state index in [4.69, 9.17) is 5.73 Å². The number of sulfonamides is 1. The molecule has 0 saturated carbocycles. The van der Waals surface area contributed by atoms with Crippen LogP contribution in [0.5, 0.6) is 0 Å². The molecule has 1 aromatic rings. The molecule has 2 saturated heterocycles. The number of nitrogens with zero attached hydrogens (tertiary/aromatic N) is 1. The van der Waals surface area contributed by atoms with Gasteiger partial charge in [-0.15, -0.1) is 0 Å². The maximum Gasteiger partial charge on any atom is 0.242 e. The van der Waals surface area contributed by atoms with Gasteiger partial charge in [-0.1, -0.05) is 15.9 Å². The van der Waals surface area contributed by atoms with E-state index in [0.717, 1.165) is 36.8 Å². The van der Waals surface area contributed by atoms with Crippen molar-refractivity contribution in [2.24, 2.45) is 0 Å². The van der Waals surface area contributed by atoms with Crippen LogP contribution in [0.1, 0.15) is 19.3 Å². The van der Waals surface area contributed by atoms with Crippen LogP contribution < -0.4 is 10.5 Å². The summed E-state index contributed by atoms with van der Waals surface area (Å²) >= 11 is 3.29. The van der Waals surface area contributed by atoms with Crippen LogP contribution in [0, 0.1) is 0 Å². The molecule has 1 aromatic carbocycles. The second-order valence-corrected chi connectivity index (χ2v) is 8.04. The Bertz CT molecular complexity index is 620. The van der Waals surface area contributed by atoms with Crippen LogP contribution in [0.3, 0.4) is 0 Å². The lowest BCUT2D eigenvalue weighted by Gasteiger charge is -2.21. The molecule has 0 aromatic heterocycles. The quantitative estimate of drug-likeness (QED) is 0.802. The zero-order valence-corrected chi connectivity index (χ0v) is 13.5. The van der Waals surface area contributed by atoms with Crippen LogP contribution in [-0.2, 0) is 10.0 Å². The number of nitrogens with one attached hydrogen (secondary N) is 1. The zero-order chi connectivity index (χ0) is 14.3. The maximum absolute atomic E-state index is 12.5. The Balaban J connectivity index is 1.82. The van der Waals surface area contributed by atoms with Gasteiger partial charge in [-0.2, -0.15) is 0 Å². The summed E-state index contributed by atoms with van der Waals surface area (Å²) in [6.07, 6.45) is 3.10. The predicted molar refractivity (Wildman–Crippen MR) is 81.9 cm³/mol. The lowest BCUT2D eigenvalue weighted by molar-refractivity contribution is 0.309. The standard InChI is InChI=1S/C13H18BrN3O2S/c14-9-3-4-13(10(15)8-9)20(18,19)16-11-5-7-17-6-1-2-12(11)17/h3-4,8,11-12,16H,1-2,5-7,15H2. The van der Waals surface area contributed by atoms with Crippen molar-refractivity contribution >= 4 is 31.6 Å². The van der Waals surface area contributed by atoms with Crippen molar-refractivity contribution in [1.82, 2.24) is 9.62 Å². The second-order valence-electron chi connectivity index (χ2n) is 5.44. The van der Waals surface area contributed by atoms with E-state index in [1.807, 2.05) is 0 Å². The summed E-state index contributed by atoms with van der Waals surface area (Å²) in [5, 5.41) is 0. The Labute approximate surface area is 127 Å². The molecule has 2 unspecified atom stereocenters. The molecular formula is C13H18BrN3O2S. The van der Waals surface area contributed by atoms with Gasteiger partial charge in [-0.3, -0.25) is 4.90 Å². The van der Waals surface area contributed by atoms with Gasteiger partial charge in [0, 0.05) is 23.1 Å². The predicted octanol–water partition coefficient (Wildman–Crippen LogP) is 1.55. The minimum Gasteiger partial charge on any atom is -0.398 e. The van der Waals surface area contributed by atoms with Gasteiger partial charge in [-0.05, 0) is 44.0 Å². The average Bonchev–Trinajstić information content (AvgIpc) is 2.93. The normalized spacial score (nSPS) is 26.9. The van der Waals surface area contributed by atoms with E-state index in [2.05, 4.69) is 25.6 Å². The average molecular weight is 360 g/mol. The van der Waals surface area contributed by atoms with Gasteiger partial charge < -0.3 is 5.73 Å². The molecular weight excluding hydrogens is 342 g/mol. The van der Waals surface area contributed by atoms with E-state index in [1.54, 1.807) is 18.2 Å². The van der Waals surface area contributed by atoms with Crippen molar-refractivity contribution in [2.75, 3.05) is 18.8 Å². The molecule has 2 atom stereocenters. The first-order valence-corrected chi connectivity index (χ1v) is 9.06. The lowest BCUT2D eigenvalue weighted by atomic mass is 10.1. The summed E-state index contributed by atoms with van der Waals surface area (Å²) in [4.78, 5) is 2.54. The molecule has 3 rings (SSSR count). The third-order valence-corrected chi connectivity index (χ3v) is 6.23. The fourth-order valence-corrected chi connectivity index (χ4v) is 5.04. The Morgan fingerprint density at radius 3 is 2.85 bits per heavy atom. The molecule has 2 fully saturated rings. The first kappa shape index (κ1) is 14.3. The molecule has 3 N–H and O–H groups in total. The molecule has 2 aliphatic rings. The SMILES string of the molecule is Nc1cc(Br)ccc1S(=O)(=O)NC1CCN2CCCC12. The highest BCUT2D eigenvalue weighted by atomic mass is 79.9. The topological polar surface area (TPSA) is 75.4 Å². The highest BCUT2D eigenvalue weighted by molar-refractivity contribution is 9.10. The van der Waals surface area contributed by atoms with Crippen LogP contribution in [0.2, 0.25) is 0 Å². The summed E-state index contributed by atoms with van der Waals surface area (Å²) < 4.78 is 28.6. The molecule has 2 aliphatic heterocycles. The summed E-state index contributed by atoms with van der Waals surface area (Å²) in [7, 11) is -3.55. The van der Waals surface area contributed by atoms with E-state index in [9.17, 15) is 8.42 Å². The minimum atomic E-state index is -3.55. The van der Waals surface area contributed by atoms with Gasteiger partial charge in [0.25, 0.3) is 0 Å². The van der Waals surface area contributed by atoms with Crippen LogP contribution in [-0.4, -0.2) is 38.5 Å². The summed E-state index contributed by atoms with van der Waals surface area (Å²) in [5.41, 5.74) is 6.10. The number of hydrogen-bond donors (Lipinski definition) is 2. The van der Waals surface area contributed by atoms with Gasteiger partial charge >= 0.3 is 0 Å². The summed E-state index contributed by atoms with van der Waals surface area (Å²) in [6, 6.07) is 5.21. The third-order valence-electron chi connectivity index (χ3n) is 4.17. The third kappa shape index (κ3) is 2.59. The van der Waals surface area contributed by atoms with Crippen LogP contribution in [0.4, 0.5) is 5.69 Å². The fraction of sp³-hybridized carbons (Fsp3) is 0.538.